The number of phenols is 1. The third-order valence-corrected chi connectivity index (χ3v) is 11.8. The number of imide groups is 1. The van der Waals surface area contributed by atoms with Gasteiger partial charge in [0, 0.05) is 63.8 Å². The molecule has 8 rings (SSSR count). The van der Waals surface area contributed by atoms with E-state index in [1.807, 2.05) is 18.2 Å². The van der Waals surface area contributed by atoms with Crippen LogP contribution in [-0.4, -0.2) is 84.6 Å². The average Bonchev–Trinajstić information content (AvgIpc) is 3.19. The van der Waals surface area contributed by atoms with Crippen molar-refractivity contribution in [1.29, 1.82) is 0 Å². The molecule has 10 heteroatoms. The molecule has 3 N–H and O–H groups in total. The van der Waals surface area contributed by atoms with E-state index in [1.165, 1.54) is 40.8 Å². The normalized spacial score (nSPS) is 22.6. The number of nitrogens with zero attached hydrogens (tertiary/aromatic N) is 4. The maximum atomic E-state index is 12.7. The van der Waals surface area contributed by atoms with Gasteiger partial charge in [0.25, 0.3) is 5.91 Å². The molecule has 1 aliphatic carbocycles. The number of aromatic nitrogens is 1. The smallest absolute Gasteiger partial charge is 0.270 e. The molecule has 0 unspecified atom stereocenters. The van der Waals surface area contributed by atoms with Crippen LogP contribution in [0.3, 0.4) is 0 Å². The summed E-state index contributed by atoms with van der Waals surface area (Å²) in [6.07, 6.45) is 6.66. The summed E-state index contributed by atoms with van der Waals surface area (Å²) in [5.41, 5.74) is 7.86. The Kier molecular flexibility index (Phi) is 10.1. The molecular formula is C43H48N6O4. The van der Waals surface area contributed by atoms with Gasteiger partial charge in [0.15, 0.2) is 0 Å². The lowest BCUT2D eigenvalue weighted by Crippen LogP contribution is -2.52. The summed E-state index contributed by atoms with van der Waals surface area (Å²) >= 11 is 0. The van der Waals surface area contributed by atoms with Crippen LogP contribution in [0.15, 0.2) is 91.1 Å². The highest BCUT2D eigenvalue weighted by molar-refractivity contribution is 6.03. The van der Waals surface area contributed by atoms with Crippen LogP contribution in [0.4, 0.5) is 11.4 Å². The minimum absolute atomic E-state index is 0.213. The van der Waals surface area contributed by atoms with E-state index in [-0.39, 0.29) is 23.9 Å². The van der Waals surface area contributed by atoms with Crippen LogP contribution in [-0.2, 0) is 16.0 Å². The number of benzene rings is 3. The molecule has 3 aromatic carbocycles. The van der Waals surface area contributed by atoms with Crippen molar-refractivity contribution in [2.24, 2.45) is 5.92 Å². The van der Waals surface area contributed by atoms with Gasteiger partial charge in [0.1, 0.15) is 17.5 Å². The number of piperazine rings is 1. The van der Waals surface area contributed by atoms with Crippen LogP contribution in [0.5, 0.6) is 5.75 Å². The number of nitrogens with one attached hydrogen (secondary N) is 2. The largest absolute Gasteiger partial charge is 0.508 e. The first-order valence-corrected chi connectivity index (χ1v) is 19.2. The van der Waals surface area contributed by atoms with Crippen LogP contribution in [0.2, 0.25) is 0 Å². The van der Waals surface area contributed by atoms with E-state index >= 15 is 0 Å². The number of aryl methyl sites for hydroxylation is 1. The highest BCUT2D eigenvalue weighted by atomic mass is 16.3. The number of hydrogen-bond acceptors (Lipinski definition) is 8. The van der Waals surface area contributed by atoms with Crippen molar-refractivity contribution < 1.29 is 19.5 Å². The Bertz CT molecular complexity index is 1920. The van der Waals surface area contributed by atoms with Gasteiger partial charge in [-0.25, -0.2) is 4.98 Å². The monoisotopic (exact) mass is 712 g/mol. The lowest BCUT2D eigenvalue weighted by Gasteiger charge is -2.40. The van der Waals surface area contributed by atoms with Crippen LogP contribution < -0.4 is 20.4 Å². The molecule has 1 aromatic heterocycles. The topological polar surface area (TPSA) is 118 Å². The SMILES string of the molecule is O=C1CC[C@H](NC(=O)c2ccc(N3CCN(CC4CCN(c5ccc([C@@H]6c7ccc(O)cc7CC[C@@H]6c6ccccc6)cc5)CC4)CC3)cn2)C(=O)N1. The Morgan fingerprint density at radius 3 is 2.23 bits per heavy atom. The Balaban J connectivity index is 0.818. The first-order valence-electron chi connectivity index (χ1n) is 19.2. The van der Waals surface area contributed by atoms with E-state index in [2.05, 4.69) is 91.0 Å². The van der Waals surface area contributed by atoms with E-state index in [0.717, 1.165) is 64.3 Å². The molecule has 3 fully saturated rings. The quantitative estimate of drug-likeness (QED) is 0.213. The second-order valence-electron chi connectivity index (χ2n) is 15.1. The standard InChI is InChI=1S/C43H48N6O4/c50-35-12-14-37-32(26-35)8-13-36(30-4-2-1-3-5-30)41(37)31-6-9-33(10-7-31)48-20-18-29(19-21-48)28-47-22-24-49(25-23-47)34-11-15-38(44-27-34)42(52)45-39-16-17-40(51)46-43(39)53/h1-7,9-12,14-15,26-27,29,36,39,41,50H,8,13,16-25,28H2,(H,45,52)(H,46,51,53)/t36-,39+,41+/m1/s1. The molecule has 3 atom stereocenters. The number of rotatable bonds is 8. The molecule has 10 nitrogen and oxygen atoms in total. The third-order valence-electron chi connectivity index (χ3n) is 11.8. The minimum atomic E-state index is -0.717. The second kappa shape index (κ2) is 15.4. The van der Waals surface area contributed by atoms with E-state index in [0.29, 0.717) is 24.0 Å². The fourth-order valence-corrected chi connectivity index (χ4v) is 8.87. The summed E-state index contributed by atoms with van der Waals surface area (Å²) in [7, 11) is 0. The molecule has 0 spiro atoms. The number of aromatic hydroxyl groups is 1. The lowest BCUT2D eigenvalue weighted by atomic mass is 9.69. The first kappa shape index (κ1) is 34.8. The fourth-order valence-electron chi connectivity index (χ4n) is 8.87. The van der Waals surface area contributed by atoms with Crippen LogP contribution in [0.1, 0.15) is 76.7 Å². The zero-order valence-corrected chi connectivity index (χ0v) is 30.1. The summed E-state index contributed by atoms with van der Waals surface area (Å²) < 4.78 is 0. The molecule has 4 heterocycles. The Hall–Kier alpha value is -5.22. The summed E-state index contributed by atoms with van der Waals surface area (Å²) in [5.74, 6) is 0.501. The maximum absolute atomic E-state index is 12.7. The average molecular weight is 713 g/mol. The number of anilines is 2. The van der Waals surface area contributed by atoms with Gasteiger partial charge < -0.3 is 20.2 Å². The Morgan fingerprint density at radius 1 is 0.774 bits per heavy atom. The Morgan fingerprint density at radius 2 is 1.51 bits per heavy atom. The van der Waals surface area contributed by atoms with Crippen molar-refractivity contribution in [2.75, 3.05) is 55.6 Å². The third kappa shape index (κ3) is 7.78. The van der Waals surface area contributed by atoms with Crippen molar-refractivity contribution in [3.05, 3.63) is 119 Å². The van der Waals surface area contributed by atoms with Crippen molar-refractivity contribution in [1.82, 2.24) is 20.5 Å². The van der Waals surface area contributed by atoms with Gasteiger partial charge in [-0.1, -0.05) is 48.5 Å². The number of pyridine rings is 1. The molecule has 0 bridgehead atoms. The highest BCUT2D eigenvalue weighted by Crippen LogP contribution is 2.47. The summed E-state index contributed by atoms with van der Waals surface area (Å²) in [6, 6.07) is 29.0. The summed E-state index contributed by atoms with van der Waals surface area (Å²) in [5, 5.41) is 15.2. The summed E-state index contributed by atoms with van der Waals surface area (Å²) in [4.78, 5) is 47.9. The number of amides is 3. The van der Waals surface area contributed by atoms with Gasteiger partial charge in [-0.15, -0.1) is 0 Å². The van der Waals surface area contributed by atoms with Crippen molar-refractivity contribution in [2.45, 2.75) is 56.4 Å². The number of piperidine rings is 2. The molecule has 274 valence electrons. The van der Waals surface area contributed by atoms with Gasteiger partial charge in [-0.05, 0) is 103 Å². The number of carbonyl (C=O) groups is 3. The maximum Gasteiger partial charge on any atom is 0.270 e. The van der Waals surface area contributed by atoms with E-state index < -0.39 is 17.9 Å². The zero-order chi connectivity index (χ0) is 36.3. The van der Waals surface area contributed by atoms with Crippen LogP contribution in [0, 0.1) is 5.92 Å². The lowest BCUT2D eigenvalue weighted by molar-refractivity contribution is -0.134. The van der Waals surface area contributed by atoms with Gasteiger partial charge >= 0.3 is 0 Å². The molecule has 4 aliphatic rings. The van der Waals surface area contributed by atoms with E-state index in [1.54, 1.807) is 12.3 Å². The van der Waals surface area contributed by atoms with E-state index in [4.69, 9.17) is 0 Å². The van der Waals surface area contributed by atoms with Gasteiger partial charge in [0.05, 0.1) is 11.9 Å². The zero-order valence-electron chi connectivity index (χ0n) is 30.1. The number of fused-ring (bicyclic) bond motifs is 1. The molecule has 4 aromatic rings. The molecule has 0 radical (unpaired) electrons. The predicted octanol–water partition coefficient (Wildman–Crippen LogP) is 5.22. The molecule has 53 heavy (non-hydrogen) atoms. The van der Waals surface area contributed by atoms with E-state index in [9.17, 15) is 19.5 Å². The van der Waals surface area contributed by atoms with Crippen LogP contribution in [0.25, 0.3) is 0 Å². The van der Waals surface area contributed by atoms with Crippen LogP contribution >= 0.6 is 0 Å². The fraction of sp³-hybridized carbons (Fsp3) is 0.395. The first-order chi connectivity index (χ1) is 25.9. The van der Waals surface area contributed by atoms with Gasteiger partial charge in [0.2, 0.25) is 11.8 Å². The molecule has 0 saturated carbocycles. The van der Waals surface area contributed by atoms with Gasteiger partial charge in [-0.3, -0.25) is 24.6 Å². The number of hydrogen-bond donors (Lipinski definition) is 3. The molecule has 3 amide bonds. The number of phenolic OH excluding ortho intramolecular Hbond substituents is 1. The molecular weight excluding hydrogens is 665 g/mol. The van der Waals surface area contributed by atoms with Crippen molar-refractivity contribution >= 4 is 29.1 Å². The summed E-state index contributed by atoms with van der Waals surface area (Å²) in [6.45, 7) is 7.06. The second-order valence-corrected chi connectivity index (χ2v) is 15.1. The predicted molar refractivity (Wildman–Crippen MR) is 205 cm³/mol. The Labute approximate surface area is 311 Å². The van der Waals surface area contributed by atoms with Crippen molar-refractivity contribution in [3.63, 3.8) is 0 Å². The molecule has 3 saturated heterocycles. The van der Waals surface area contributed by atoms with Crippen molar-refractivity contribution in [3.8, 4) is 5.75 Å². The number of carbonyl (C=O) groups excluding carboxylic acids is 3. The minimum Gasteiger partial charge on any atom is -0.508 e. The molecule has 3 aliphatic heterocycles. The highest BCUT2D eigenvalue weighted by Gasteiger charge is 2.33. The van der Waals surface area contributed by atoms with Gasteiger partial charge in [-0.2, -0.15) is 0 Å².